The van der Waals surface area contributed by atoms with Gasteiger partial charge in [-0.1, -0.05) is 27.7 Å². The van der Waals surface area contributed by atoms with E-state index in [2.05, 4.69) is 9.98 Å². The van der Waals surface area contributed by atoms with Crippen LogP contribution in [-0.4, -0.2) is 59.2 Å². The molecule has 0 aromatic carbocycles. The molecule has 0 aromatic rings. The molecule has 0 amide bonds. The van der Waals surface area contributed by atoms with E-state index in [4.69, 9.17) is 9.47 Å². The van der Waals surface area contributed by atoms with Crippen LogP contribution >= 0.6 is 7.60 Å². The van der Waals surface area contributed by atoms with Crippen LogP contribution in [0.4, 0.5) is 4.39 Å². The summed E-state index contributed by atoms with van der Waals surface area (Å²) in [5.74, 6) is 0.876. The molecule has 0 bridgehead atoms. The van der Waals surface area contributed by atoms with Gasteiger partial charge in [-0.2, -0.15) is 0 Å². The van der Waals surface area contributed by atoms with E-state index in [0.717, 1.165) is 0 Å². The molecule has 0 saturated heterocycles. The number of rotatable bonds is 9. The molecule has 7 nitrogen and oxygen atoms in total. The quantitative estimate of drug-likeness (QED) is 0.566. The van der Waals surface area contributed by atoms with Gasteiger partial charge in [-0.05, 0) is 38.0 Å². The molecule has 2 N–H and O–H groups in total. The molecule has 27 heavy (non-hydrogen) atoms. The summed E-state index contributed by atoms with van der Waals surface area (Å²) >= 11 is 0. The first kappa shape index (κ1) is 24.1. The van der Waals surface area contributed by atoms with Crippen molar-refractivity contribution in [3.63, 3.8) is 0 Å². The molecule has 1 heterocycles. The van der Waals surface area contributed by atoms with Crippen molar-refractivity contribution in [1.82, 2.24) is 0 Å². The highest BCUT2D eigenvalue weighted by atomic mass is 31.2. The molecular formula is C18H34FN2O5P. The smallest absolute Gasteiger partial charge is 0.328 e. The van der Waals surface area contributed by atoms with Crippen molar-refractivity contribution in [3.8, 4) is 0 Å². The van der Waals surface area contributed by atoms with Gasteiger partial charge < -0.3 is 19.3 Å². The number of nitrogens with zero attached hydrogens (tertiary/aromatic N) is 2. The third-order valence-corrected chi connectivity index (χ3v) is 6.72. The summed E-state index contributed by atoms with van der Waals surface area (Å²) in [6, 6.07) is -0.955. The highest BCUT2D eigenvalue weighted by molar-refractivity contribution is 7.52. The zero-order valence-electron chi connectivity index (χ0n) is 17.2. The lowest BCUT2D eigenvalue weighted by Crippen LogP contribution is -2.39. The van der Waals surface area contributed by atoms with Crippen LogP contribution in [0.5, 0.6) is 0 Å². The number of ether oxygens (including phenoxy) is 2. The molecule has 1 aliphatic heterocycles. The number of aliphatic imine (C=N–C) groups is 2. The Morgan fingerprint density at radius 2 is 1.70 bits per heavy atom. The van der Waals surface area contributed by atoms with Gasteiger partial charge in [0.25, 0.3) is 0 Å². The Kier molecular flexibility index (Phi) is 8.90. The number of alkyl halides is 1. The summed E-state index contributed by atoms with van der Waals surface area (Å²) in [4.78, 5) is 28.6. The van der Waals surface area contributed by atoms with Crippen LogP contribution in [0.2, 0.25) is 0 Å². The Hall–Kier alpha value is -0.980. The third-order valence-electron chi connectivity index (χ3n) is 5.30. The van der Waals surface area contributed by atoms with E-state index in [-0.39, 0.29) is 31.2 Å². The number of hydrogen-bond acceptors (Lipinski definition) is 5. The van der Waals surface area contributed by atoms with Gasteiger partial charge in [0, 0.05) is 0 Å². The summed E-state index contributed by atoms with van der Waals surface area (Å²) < 4.78 is 37.3. The molecule has 0 fully saturated rings. The largest absolute Gasteiger partial charge is 0.483 e. The minimum atomic E-state index is -4.44. The van der Waals surface area contributed by atoms with E-state index in [1.54, 1.807) is 13.8 Å². The van der Waals surface area contributed by atoms with Gasteiger partial charge in [0.2, 0.25) is 11.8 Å². The number of halogens is 1. The summed E-state index contributed by atoms with van der Waals surface area (Å²) in [6.45, 7) is 7.44. The molecule has 9 heteroatoms. The second-order valence-corrected chi connectivity index (χ2v) is 9.33. The van der Waals surface area contributed by atoms with Crippen molar-refractivity contribution < 1.29 is 28.2 Å². The molecule has 1 unspecified atom stereocenters. The van der Waals surface area contributed by atoms with Gasteiger partial charge in [-0.15, -0.1) is 0 Å². The standard InChI is InChI=1S/C18H34FN2O5P/c1-7-18(19,8-2)10-9-13(27(22,23)24)11-14-16(25-5)21-15(12(3)4)17(20-14)26-6/h12-15H,7-11H2,1-6H3,(H2,22,23,24)/t13?,14-,15+/m0/s1. The molecule has 0 saturated carbocycles. The fourth-order valence-corrected chi connectivity index (χ4v) is 4.16. The van der Waals surface area contributed by atoms with E-state index in [1.165, 1.54) is 14.2 Å². The zero-order valence-corrected chi connectivity index (χ0v) is 18.1. The molecule has 1 rings (SSSR count). The lowest BCUT2D eigenvalue weighted by molar-refractivity contribution is 0.132. The average molecular weight is 408 g/mol. The average Bonchev–Trinajstić information content (AvgIpc) is 2.62. The lowest BCUT2D eigenvalue weighted by atomic mass is 9.91. The maximum absolute atomic E-state index is 14.6. The third kappa shape index (κ3) is 6.54. The monoisotopic (exact) mass is 408 g/mol. The highest BCUT2D eigenvalue weighted by Gasteiger charge is 2.38. The Morgan fingerprint density at radius 3 is 2.11 bits per heavy atom. The van der Waals surface area contributed by atoms with Gasteiger partial charge in [-0.3, -0.25) is 4.57 Å². The topological polar surface area (TPSA) is 101 Å². The first-order chi connectivity index (χ1) is 12.5. The fourth-order valence-electron chi connectivity index (χ4n) is 3.22. The summed E-state index contributed by atoms with van der Waals surface area (Å²) in [7, 11) is -1.48. The fraction of sp³-hybridized carbons (Fsp3) is 0.889. The molecule has 0 spiro atoms. The summed E-state index contributed by atoms with van der Waals surface area (Å²) in [5, 5.41) is 0. The Balaban J connectivity index is 3.04. The predicted molar refractivity (Wildman–Crippen MR) is 105 cm³/mol. The Bertz CT molecular complexity index is 586. The van der Waals surface area contributed by atoms with E-state index in [9.17, 15) is 18.7 Å². The van der Waals surface area contributed by atoms with Crippen LogP contribution in [0.15, 0.2) is 9.98 Å². The van der Waals surface area contributed by atoms with Crippen LogP contribution in [0.3, 0.4) is 0 Å². The normalized spacial score (nSPS) is 22.3. The van der Waals surface area contributed by atoms with Crippen molar-refractivity contribution in [2.45, 2.75) is 83.2 Å². The van der Waals surface area contributed by atoms with Gasteiger partial charge in [0.15, 0.2) is 0 Å². The molecule has 0 aromatic heterocycles. The van der Waals surface area contributed by atoms with E-state index in [1.807, 2.05) is 13.8 Å². The lowest BCUT2D eigenvalue weighted by Gasteiger charge is -2.30. The van der Waals surface area contributed by atoms with Gasteiger partial charge in [-0.25, -0.2) is 14.4 Å². The SMILES string of the molecule is CCC(F)(CC)CCC(C[C@@H]1N=C(OC)[C@@H](C(C)C)N=C1OC)P(=O)(O)O. The molecule has 0 aliphatic carbocycles. The van der Waals surface area contributed by atoms with Crippen molar-refractivity contribution in [2.75, 3.05) is 14.2 Å². The van der Waals surface area contributed by atoms with Crippen molar-refractivity contribution in [2.24, 2.45) is 15.9 Å². The van der Waals surface area contributed by atoms with Crippen molar-refractivity contribution in [3.05, 3.63) is 0 Å². The van der Waals surface area contributed by atoms with Gasteiger partial charge in [0.05, 0.1) is 19.9 Å². The zero-order chi connectivity index (χ0) is 20.8. The van der Waals surface area contributed by atoms with Crippen molar-refractivity contribution >= 4 is 19.4 Å². The van der Waals surface area contributed by atoms with E-state index in [0.29, 0.717) is 24.6 Å². The minimum absolute atomic E-state index is 0.0259. The maximum Gasteiger partial charge on any atom is 0.328 e. The number of hydrogen-bond donors (Lipinski definition) is 2. The first-order valence-electron chi connectivity index (χ1n) is 9.48. The van der Waals surface area contributed by atoms with Crippen molar-refractivity contribution in [1.29, 1.82) is 0 Å². The molecule has 1 aliphatic rings. The number of methoxy groups -OCH3 is 2. The molecular weight excluding hydrogens is 374 g/mol. The molecule has 158 valence electrons. The summed E-state index contributed by atoms with van der Waals surface area (Å²) in [5.41, 5.74) is -2.43. The first-order valence-corrected chi connectivity index (χ1v) is 11.2. The Morgan fingerprint density at radius 1 is 1.15 bits per heavy atom. The van der Waals surface area contributed by atoms with E-state index < -0.39 is 25.0 Å². The van der Waals surface area contributed by atoms with E-state index >= 15 is 0 Å². The van der Waals surface area contributed by atoms with Crippen LogP contribution in [0.1, 0.15) is 59.8 Å². The predicted octanol–water partition coefficient (Wildman–Crippen LogP) is 3.73. The van der Waals surface area contributed by atoms with Crippen LogP contribution < -0.4 is 0 Å². The van der Waals surface area contributed by atoms with Crippen LogP contribution in [-0.2, 0) is 14.0 Å². The van der Waals surface area contributed by atoms with Gasteiger partial charge in [0.1, 0.15) is 17.8 Å². The Labute approximate surface area is 161 Å². The molecule has 3 atom stereocenters. The molecule has 0 radical (unpaired) electrons. The highest BCUT2D eigenvalue weighted by Crippen LogP contribution is 2.47. The van der Waals surface area contributed by atoms with Gasteiger partial charge >= 0.3 is 7.60 Å². The van der Waals surface area contributed by atoms with Crippen LogP contribution in [0.25, 0.3) is 0 Å². The minimum Gasteiger partial charge on any atom is -0.483 e. The maximum atomic E-state index is 14.6. The summed E-state index contributed by atoms with van der Waals surface area (Å²) in [6.07, 6.45) is 0.818. The second-order valence-electron chi connectivity index (χ2n) is 7.42. The van der Waals surface area contributed by atoms with Crippen LogP contribution in [0, 0.1) is 5.92 Å². The second kappa shape index (κ2) is 9.99.